The number of hydrogen-bond acceptors (Lipinski definition) is 1. The van der Waals surface area contributed by atoms with E-state index >= 15 is 0 Å². The van der Waals surface area contributed by atoms with Gasteiger partial charge in [0.05, 0.1) is 0 Å². The van der Waals surface area contributed by atoms with Gasteiger partial charge in [0.15, 0.2) is 0 Å². The van der Waals surface area contributed by atoms with Crippen molar-refractivity contribution in [1.82, 2.24) is 0 Å². The normalized spacial score (nSPS) is 23.3. The molecule has 1 aliphatic rings. The van der Waals surface area contributed by atoms with E-state index in [9.17, 15) is 13.6 Å². The van der Waals surface area contributed by atoms with Crippen molar-refractivity contribution in [2.45, 2.75) is 45.4 Å². The molecule has 0 aromatic heterocycles. The Labute approximate surface area is 113 Å². The van der Waals surface area contributed by atoms with E-state index in [1.54, 1.807) is 0 Å². The second-order valence-electron chi connectivity index (χ2n) is 5.50. The van der Waals surface area contributed by atoms with E-state index in [-0.39, 0.29) is 18.1 Å². The summed E-state index contributed by atoms with van der Waals surface area (Å²) in [4.78, 5) is 12.1. The fraction of sp³-hybridized carbons (Fsp3) is 0.562. The minimum atomic E-state index is -0.615. The van der Waals surface area contributed by atoms with E-state index in [4.69, 9.17) is 0 Å². The first-order chi connectivity index (χ1) is 9.10. The first-order valence-electron chi connectivity index (χ1n) is 7.06. The average molecular weight is 266 g/mol. The Morgan fingerprint density at radius 1 is 1.21 bits per heavy atom. The molecule has 1 aromatic carbocycles. The molecule has 0 saturated heterocycles. The lowest BCUT2D eigenvalue weighted by Crippen LogP contribution is -2.23. The van der Waals surface area contributed by atoms with Gasteiger partial charge >= 0.3 is 0 Å². The Kier molecular flexibility index (Phi) is 4.67. The van der Waals surface area contributed by atoms with Crippen LogP contribution in [0.25, 0.3) is 0 Å². The van der Waals surface area contributed by atoms with Gasteiger partial charge in [0, 0.05) is 18.4 Å². The van der Waals surface area contributed by atoms with E-state index in [1.165, 1.54) is 18.6 Å². The van der Waals surface area contributed by atoms with Gasteiger partial charge in [-0.1, -0.05) is 19.4 Å². The van der Waals surface area contributed by atoms with E-state index < -0.39 is 11.6 Å². The molecule has 0 N–H and O–H groups in total. The number of hydrogen-bond donors (Lipinski definition) is 0. The van der Waals surface area contributed by atoms with Gasteiger partial charge in [-0.15, -0.1) is 0 Å². The molecular formula is C16H20F2O. The Balaban J connectivity index is 1.94. The van der Waals surface area contributed by atoms with Crippen LogP contribution in [0.1, 0.15) is 44.6 Å². The summed E-state index contributed by atoms with van der Waals surface area (Å²) >= 11 is 0. The third-order valence-corrected chi connectivity index (χ3v) is 4.26. The largest absolute Gasteiger partial charge is 0.299 e. The Hall–Kier alpha value is -1.25. The zero-order valence-electron chi connectivity index (χ0n) is 11.3. The van der Waals surface area contributed by atoms with Gasteiger partial charge in [0.1, 0.15) is 17.4 Å². The van der Waals surface area contributed by atoms with E-state index in [2.05, 4.69) is 6.92 Å². The summed E-state index contributed by atoms with van der Waals surface area (Å²) in [5.74, 6) is -0.313. The van der Waals surface area contributed by atoms with Crippen molar-refractivity contribution >= 4 is 5.78 Å². The topological polar surface area (TPSA) is 17.1 Å². The number of benzene rings is 1. The molecule has 1 aliphatic carbocycles. The highest BCUT2D eigenvalue weighted by Crippen LogP contribution is 2.31. The van der Waals surface area contributed by atoms with Crippen molar-refractivity contribution < 1.29 is 13.6 Å². The van der Waals surface area contributed by atoms with Crippen LogP contribution in [0.3, 0.4) is 0 Å². The van der Waals surface area contributed by atoms with Crippen molar-refractivity contribution in [3.8, 4) is 0 Å². The lowest BCUT2D eigenvalue weighted by molar-refractivity contribution is -0.123. The third kappa shape index (κ3) is 3.62. The molecule has 0 spiro atoms. The zero-order chi connectivity index (χ0) is 13.8. The molecule has 19 heavy (non-hydrogen) atoms. The smallest absolute Gasteiger partial charge is 0.140 e. The van der Waals surface area contributed by atoms with Crippen LogP contribution in [0, 0.1) is 23.5 Å². The summed E-state index contributed by atoms with van der Waals surface area (Å²) in [6, 6.07) is 3.43. The highest BCUT2D eigenvalue weighted by molar-refractivity contribution is 5.83. The van der Waals surface area contributed by atoms with Gasteiger partial charge in [-0.2, -0.15) is 0 Å². The van der Waals surface area contributed by atoms with Crippen LogP contribution in [0.4, 0.5) is 8.78 Å². The molecule has 0 unspecified atom stereocenters. The predicted molar refractivity (Wildman–Crippen MR) is 70.8 cm³/mol. The van der Waals surface area contributed by atoms with Gasteiger partial charge in [-0.3, -0.25) is 4.79 Å². The van der Waals surface area contributed by atoms with Gasteiger partial charge in [-0.05, 0) is 43.2 Å². The maximum absolute atomic E-state index is 13.5. The second-order valence-corrected chi connectivity index (χ2v) is 5.50. The van der Waals surface area contributed by atoms with Crippen LogP contribution in [0.15, 0.2) is 18.2 Å². The Morgan fingerprint density at radius 2 is 1.89 bits per heavy atom. The third-order valence-electron chi connectivity index (χ3n) is 4.26. The maximum atomic E-state index is 13.5. The molecule has 0 heterocycles. The first-order valence-corrected chi connectivity index (χ1v) is 7.06. The van der Waals surface area contributed by atoms with Crippen LogP contribution >= 0.6 is 0 Å². The van der Waals surface area contributed by atoms with Crippen molar-refractivity contribution in [3.63, 3.8) is 0 Å². The van der Waals surface area contributed by atoms with E-state index in [1.807, 2.05) is 0 Å². The minimum Gasteiger partial charge on any atom is -0.299 e. The first kappa shape index (κ1) is 14.2. The van der Waals surface area contributed by atoms with Crippen molar-refractivity contribution in [2.75, 3.05) is 0 Å². The van der Waals surface area contributed by atoms with Crippen molar-refractivity contribution in [1.29, 1.82) is 0 Å². The summed E-state index contributed by atoms with van der Waals surface area (Å²) in [5.41, 5.74) is 0.309. The van der Waals surface area contributed by atoms with Crippen LogP contribution in [0.5, 0.6) is 0 Å². The van der Waals surface area contributed by atoms with Crippen molar-refractivity contribution in [2.24, 2.45) is 11.8 Å². The fourth-order valence-corrected chi connectivity index (χ4v) is 2.89. The predicted octanol–water partition coefficient (Wildman–Crippen LogP) is 4.29. The molecule has 0 amide bonds. The molecule has 1 nitrogen and oxygen atoms in total. The summed E-state index contributed by atoms with van der Waals surface area (Å²) in [5, 5.41) is 0. The van der Waals surface area contributed by atoms with Crippen LogP contribution in [-0.4, -0.2) is 5.78 Å². The average Bonchev–Trinajstić information content (AvgIpc) is 2.42. The fourth-order valence-electron chi connectivity index (χ4n) is 2.89. The quantitative estimate of drug-likeness (QED) is 0.794. The number of Topliss-reactive ketones (excluding diaryl/α,β-unsaturated/α-hetero) is 1. The second kappa shape index (κ2) is 6.27. The molecule has 1 saturated carbocycles. The van der Waals surface area contributed by atoms with Gasteiger partial charge in [-0.25, -0.2) is 8.78 Å². The van der Waals surface area contributed by atoms with Gasteiger partial charge in [0.25, 0.3) is 0 Å². The number of halogens is 2. The van der Waals surface area contributed by atoms with Crippen LogP contribution < -0.4 is 0 Å². The molecule has 104 valence electrons. The number of ketones is 1. The lowest BCUT2D eigenvalue weighted by atomic mass is 9.78. The standard InChI is InChI=1S/C16H20F2O/c1-2-11-3-5-12(6-4-11)16(19)9-13-7-8-14(17)10-15(13)18/h7-8,10-12H,2-6,9H2,1H3. The molecule has 0 radical (unpaired) electrons. The maximum Gasteiger partial charge on any atom is 0.140 e. The Bertz CT molecular complexity index is 448. The van der Waals surface area contributed by atoms with Crippen LogP contribution in [0.2, 0.25) is 0 Å². The lowest BCUT2D eigenvalue weighted by Gasteiger charge is -2.26. The summed E-state index contributed by atoms with van der Waals surface area (Å²) in [7, 11) is 0. The monoisotopic (exact) mass is 266 g/mol. The summed E-state index contributed by atoms with van der Waals surface area (Å²) in [6.45, 7) is 2.18. The van der Waals surface area contributed by atoms with Gasteiger partial charge in [0.2, 0.25) is 0 Å². The SMILES string of the molecule is CCC1CCC(C(=O)Cc2ccc(F)cc2F)CC1. The molecule has 1 fully saturated rings. The molecule has 0 aliphatic heterocycles. The van der Waals surface area contributed by atoms with E-state index in [0.29, 0.717) is 5.56 Å². The Morgan fingerprint density at radius 3 is 2.47 bits per heavy atom. The molecule has 2 rings (SSSR count). The highest BCUT2D eigenvalue weighted by atomic mass is 19.1. The molecule has 1 aromatic rings. The van der Waals surface area contributed by atoms with E-state index in [0.717, 1.165) is 37.7 Å². The molecule has 3 heteroatoms. The number of carbonyl (C=O) groups excluding carboxylic acids is 1. The molecule has 0 bridgehead atoms. The summed E-state index contributed by atoms with van der Waals surface area (Å²) < 4.78 is 26.3. The van der Waals surface area contributed by atoms with Crippen LogP contribution in [-0.2, 0) is 11.2 Å². The number of rotatable bonds is 4. The zero-order valence-corrected chi connectivity index (χ0v) is 11.3. The minimum absolute atomic E-state index is 0.0623. The van der Waals surface area contributed by atoms with Crippen molar-refractivity contribution in [3.05, 3.63) is 35.4 Å². The summed E-state index contributed by atoms with van der Waals surface area (Å²) in [6.07, 6.45) is 5.29. The number of carbonyl (C=O) groups is 1. The molecular weight excluding hydrogens is 246 g/mol. The molecule has 0 atom stereocenters. The highest BCUT2D eigenvalue weighted by Gasteiger charge is 2.25. The van der Waals surface area contributed by atoms with Gasteiger partial charge < -0.3 is 0 Å².